The Morgan fingerprint density at radius 2 is 2.00 bits per heavy atom. The average Bonchev–Trinajstić information content (AvgIpc) is 1.85. The number of ether oxygens (including phenoxy) is 1. The van der Waals surface area contributed by atoms with Crippen molar-refractivity contribution in [2.45, 2.75) is 33.2 Å². The Labute approximate surface area is 71.6 Å². The molecular formula is C7H14N2O3. The van der Waals surface area contributed by atoms with Crippen LogP contribution in [0.2, 0.25) is 0 Å². The molecule has 0 aromatic carbocycles. The molecule has 70 valence electrons. The largest absolute Gasteiger partial charge is 0.443 e. The maximum Gasteiger partial charge on any atom is 0.304 e. The van der Waals surface area contributed by atoms with Gasteiger partial charge in [0.15, 0.2) is 6.73 Å². The summed E-state index contributed by atoms with van der Waals surface area (Å²) >= 11 is 0. The lowest BCUT2D eigenvalue weighted by Crippen LogP contribution is -2.38. The summed E-state index contributed by atoms with van der Waals surface area (Å²) in [4.78, 5) is 20.6. The number of carbonyl (C=O) groups is 1. The van der Waals surface area contributed by atoms with E-state index in [4.69, 9.17) is 0 Å². The number of hydrogen-bond donors (Lipinski definition) is 0. The predicted molar refractivity (Wildman–Crippen MR) is 44.0 cm³/mol. The van der Waals surface area contributed by atoms with E-state index in [0.717, 1.165) is 5.01 Å². The summed E-state index contributed by atoms with van der Waals surface area (Å²) in [5.41, 5.74) is -0.419. The normalized spacial score (nSPS) is 10.7. The lowest BCUT2D eigenvalue weighted by molar-refractivity contribution is -0.148. The average molecular weight is 174 g/mol. The molecule has 0 heterocycles. The standard InChI is InChI=1S/C7H14N2O3/c1-6(10)12-5-9(8-11)7(2,3)4/h5H2,1-4H3. The van der Waals surface area contributed by atoms with Crippen LogP contribution in [0.4, 0.5) is 0 Å². The van der Waals surface area contributed by atoms with E-state index in [1.54, 1.807) is 20.8 Å². The van der Waals surface area contributed by atoms with Gasteiger partial charge in [0, 0.05) is 6.92 Å². The van der Waals surface area contributed by atoms with Crippen LogP contribution in [0.25, 0.3) is 0 Å². The summed E-state index contributed by atoms with van der Waals surface area (Å²) < 4.78 is 4.61. The van der Waals surface area contributed by atoms with E-state index >= 15 is 0 Å². The maximum atomic E-state index is 10.4. The molecule has 0 aliphatic carbocycles. The zero-order valence-corrected chi connectivity index (χ0v) is 7.83. The smallest absolute Gasteiger partial charge is 0.304 e. The van der Waals surface area contributed by atoms with Crippen molar-refractivity contribution < 1.29 is 9.53 Å². The van der Waals surface area contributed by atoms with Crippen molar-refractivity contribution in [2.75, 3.05) is 6.73 Å². The van der Waals surface area contributed by atoms with E-state index in [9.17, 15) is 9.70 Å². The molecule has 0 amide bonds. The predicted octanol–water partition coefficient (Wildman–Crippen LogP) is 1.29. The molecule has 0 unspecified atom stereocenters. The van der Waals surface area contributed by atoms with Crippen molar-refractivity contribution in [3.63, 3.8) is 0 Å². The minimum Gasteiger partial charge on any atom is -0.443 e. The third-order valence-corrected chi connectivity index (χ3v) is 1.26. The van der Waals surface area contributed by atoms with Crippen molar-refractivity contribution in [3.8, 4) is 0 Å². The highest BCUT2D eigenvalue weighted by Crippen LogP contribution is 2.12. The Kier molecular flexibility index (Phi) is 3.66. The van der Waals surface area contributed by atoms with Gasteiger partial charge in [-0.2, -0.15) is 0 Å². The molecular weight excluding hydrogens is 160 g/mol. The molecule has 0 saturated heterocycles. The van der Waals surface area contributed by atoms with Crippen molar-refractivity contribution in [3.05, 3.63) is 4.91 Å². The van der Waals surface area contributed by atoms with Gasteiger partial charge in [0.1, 0.15) is 0 Å². The lowest BCUT2D eigenvalue weighted by Gasteiger charge is -2.28. The number of nitroso groups, excluding NO2 is 1. The summed E-state index contributed by atoms with van der Waals surface area (Å²) in [5.74, 6) is -0.423. The highest BCUT2D eigenvalue weighted by molar-refractivity contribution is 5.65. The fourth-order valence-electron chi connectivity index (χ4n) is 0.492. The first-order valence-corrected chi connectivity index (χ1v) is 3.62. The second kappa shape index (κ2) is 4.04. The Morgan fingerprint density at radius 1 is 1.50 bits per heavy atom. The van der Waals surface area contributed by atoms with Crippen LogP contribution in [0.3, 0.4) is 0 Å². The van der Waals surface area contributed by atoms with Crippen molar-refractivity contribution in [2.24, 2.45) is 5.29 Å². The van der Waals surface area contributed by atoms with Gasteiger partial charge in [0.25, 0.3) is 0 Å². The summed E-state index contributed by atoms with van der Waals surface area (Å²) in [6, 6.07) is 0. The zero-order valence-electron chi connectivity index (χ0n) is 7.83. The maximum absolute atomic E-state index is 10.4. The van der Waals surface area contributed by atoms with Gasteiger partial charge >= 0.3 is 5.97 Å². The fourth-order valence-corrected chi connectivity index (χ4v) is 0.492. The quantitative estimate of drug-likeness (QED) is 0.280. The number of esters is 1. The molecule has 0 atom stereocenters. The van der Waals surface area contributed by atoms with Gasteiger partial charge in [-0.1, -0.05) is 0 Å². The Morgan fingerprint density at radius 3 is 2.25 bits per heavy atom. The summed E-state index contributed by atoms with van der Waals surface area (Å²) in [6.45, 7) is 6.60. The van der Waals surface area contributed by atoms with Crippen LogP contribution in [-0.4, -0.2) is 23.2 Å². The summed E-state index contributed by atoms with van der Waals surface area (Å²) in [6.07, 6.45) is 0. The molecule has 0 fully saturated rings. The van der Waals surface area contributed by atoms with E-state index in [-0.39, 0.29) is 6.73 Å². The van der Waals surface area contributed by atoms with Gasteiger partial charge in [0.05, 0.1) is 10.8 Å². The minimum absolute atomic E-state index is 0.0949. The van der Waals surface area contributed by atoms with Crippen molar-refractivity contribution in [1.82, 2.24) is 5.01 Å². The lowest BCUT2D eigenvalue weighted by atomic mass is 10.1. The van der Waals surface area contributed by atoms with Crippen LogP contribution in [0.5, 0.6) is 0 Å². The monoisotopic (exact) mass is 174 g/mol. The zero-order chi connectivity index (χ0) is 9.78. The number of nitrogens with zero attached hydrogens (tertiary/aromatic N) is 2. The molecule has 0 aliphatic rings. The first kappa shape index (κ1) is 10.9. The van der Waals surface area contributed by atoms with Crippen LogP contribution >= 0.6 is 0 Å². The minimum atomic E-state index is -0.423. The third-order valence-electron chi connectivity index (χ3n) is 1.26. The molecule has 0 aromatic heterocycles. The van der Waals surface area contributed by atoms with E-state index < -0.39 is 11.5 Å². The van der Waals surface area contributed by atoms with Gasteiger partial charge in [-0.15, -0.1) is 4.91 Å². The molecule has 0 rings (SSSR count). The van der Waals surface area contributed by atoms with E-state index in [1.165, 1.54) is 6.92 Å². The van der Waals surface area contributed by atoms with Gasteiger partial charge in [-0.05, 0) is 20.8 Å². The first-order chi connectivity index (χ1) is 5.38. The third kappa shape index (κ3) is 3.90. The first-order valence-electron chi connectivity index (χ1n) is 3.62. The number of rotatable bonds is 3. The molecule has 0 radical (unpaired) electrons. The number of carbonyl (C=O) groups excluding carboxylic acids is 1. The second-order valence-corrected chi connectivity index (χ2v) is 3.42. The van der Waals surface area contributed by atoms with Crippen LogP contribution in [0.1, 0.15) is 27.7 Å². The van der Waals surface area contributed by atoms with E-state index in [2.05, 4.69) is 10.0 Å². The fraction of sp³-hybridized carbons (Fsp3) is 0.857. The van der Waals surface area contributed by atoms with E-state index in [0.29, 0.717) is 0 Å². The van der Waals surface area contributed by atoms with Crippen LogP contribution in [0, 0.1) is 4.91 Å². The van der Waals surface area contributed by atoms with E-state index in [1.807, 2.05) is 0 Å². The van der Waals surface area contributed by atoms with Gasteiger partial charge in [-0.25, -0.2) is 5.01 Å². The molecule has 0 N–H and O–H groups in total. The molecule has 0 aliphatic heterocycles. The van der Waals surface area contributed by atoms with Gasteiger partial charge < -0.3 is 4.74 Å². The molecule has 0 saturated carbocycles. The van der Waals surface area contributed by atoms with Gasteiger partial charge in [-0.3, -0.25) is 4.79 Å². The molecule has 5 heteroatoms. The highest BCUT2D eigenvalue weighted by atomic mass is 16.5. The molecule has 12 heavy (non-hydrogen) atoms. The second-order valence-electron chi connectivity index (χ2n) is 3.42. The van der Waals surface area contributed by atoms with Crippen LogP contribution in [-0.2, 0) is 9.53 Å². The molecule has 0 aromatic rings. The van der Waals surface area contributed by atoms with Crippen molar-refractivity contribution >= 4 is 5.97 Å². The molecule has 0 spiro atoms. The SMILES string of the molecule is CC(=O)OCN(N=O)C(C)(C)C. The van der Waals surface area contributed by atoms with Gasteiger partial charge in [0.2, 0.25) is 0 Å². The Hall–Kier alpha value is -1.13. The number of hydrogen-bond acceptors (Lipinski definition) is 4. The molecule has 0 bridgehead atoms. The summed E-state index contributed by atoms with van der Waals surface area (Å²) in [7, 11) is 0. The van der Waals surface area contributed by atoms with Crippen molar-refractivity contribution in [1.29, 1.82) is 0 Å². The molecule has 5 nitrogen and oxygen atoms in total. The highest BCUT2D eigenvalue weighted by Gasteiger charge is 2.21. The van der Waals surface area contributed by atoms with Crippen LogP contribution < -0.4 is 0 Å². The topological polar surface area (TPSA) is 59.0 Å². The Bertz CT molecular complexity index is 174. The summed E-state index contributed by atoms with van der Waals surface area (Å²) in [5, 5.41) is 3.90. The van der Waals surface area contributed by atoms with Crippen LogP contribution in [0.15, 0.2) is 5.29 Å². The Balaban J connectivity index is 4.01.